The maximum Gasteiger partial charge on any atom is 0.528 e. The molecule has 1 heterocycles. The molecule has 1 rings (SSSR count). The molecule has 0 atom stereocenters. The van der Waals surface area contributed by atoms with Gasteiger partial charge in [0.25, 0.3) is 0 Å². The minimum Gasteiger partial charge on any atom is -0.427 e. The van der Waals surface area contributed by atoms with Crippen molar-refractivity contribution < 1.29 is 14.4 Å². The van der Waals surface area contributed by atoms with E-state index in [2.05, 4.69) is 4.90 Å². The van der Waals surface area contributed by atoms with E-state index in [9.17, 15) is 4.79 Å². The second-order valence-corrected chi connectivity index (χ2v) is 5.82. The van der Waals surface area contributed by atoms with Crippen molar-refractivity contribution in [2.24, 2.45) is 5.73 Å². The van der Waals surface area contributed by atoms with Gasteiger partial charge in [-0.2, -0.15) is 0 Å². The maximum atomic E-state index is 11.5. The van der Waals surface area contributed by atoms with Crippen molar-refractivity contribution in [1.29, 1.82) is 0 Å². The Morgan fingerprint density at radius 2 is 1.79 bits per heavy atom. The van der Waals surface area contributed by atoms with Crippen molar-refractivity contribution in [3.05, 3.63) is 0 Å². The maximum absolute atomic E-state index is 11.5. The monoisotopic (exact) mass is 273 g/mol. The lowest BCUT2D eigenvalue weighted by Crippen LogP contribution is -2.47. The van der Waals surface area contributed by atoms with Crippen LogP contribution in [0.3, 0.4) is 0 Å². The Labute approximate surface area is 115 Å². The molecule has 1 fully saturated rings. The van der Waals surface area contributed by atoms with Gasteiger partial charge in [0.15, 0.2) is 0 Å². The van der Waals surface area contributed by atoms with E-state index < -0.39 is 11.8 Å². The van der Waals surface area contributed by atoms with Crippen molar-refractivity contribution >= 4 is 6.16 Å². The SMILES string of the molecule is CC(C)(C)OC(=O)ON1CCN(CCCCN)CC1. The first-order valence-electron chi connectivity index (χ1n) is 6.99. The predicted octanol–water partition coefficient (Wildman–Crippen LogP) is 1.21. The average molecular weight is 273 g/mol. The fraction of sp³-hybridized carbons (Fsp3) is 0.923. The molecule has 0 aromatic carbocycles. The molecule has 0 spiro atoms. The summed E-state index contributed by atoms with van der Waals surface area (Å²) in [6.07, 6.45) is 1.57. The van der Waals surface area contributed by atoms with Crippen LogP contribution in [0.15, 0.2) is 0 Å². The Kier molecular flexibility index (Phi) is 6.54. The van der Waals surface area contributed by atoms with Crippen molar-refractivity contribution in [3.63, 3.8) is 0 Å². The lowest BCUT2D eigenvalue weighted by Gasteiger charge is -2.33. The van der Waals surface area contributed by atoms with E-state index in [1.807, 2.05) is 20.8 Å². The molecule has 0 unspecified atom stereocenters. The molecule has 6 heteroatoms. The highest BCUT2D eigenvalue weighted by atomic mass is 16.8. The first-order valence-corrected chi connectivity index (χ1v) is 6.99. The number of hydrogen-bond acceptors (Lipinski definition) is 6. The van der Waals surface area contributed by atoms with Crippen molar-refractivity contribution in [2.45, 2.75) is 39.2 Å². The number of hydroxylamine groups is 2. The Morgan fingerprint density at radius 3 is 2.32 bits per heavy atom. The number of hydrogen-bond donors (Lipinski definition) is 1. The van der Waals surface area contributed by atoms with Crippen LogP contribution in [0.4, 0.5) is 4.79 Å². The number of unbranched alkanes of at least 4 members (excludes halogenated alkanes) is 1. The predicted molar refractivity (Wildman–Crippen MR) is 73.6 cm³/mol. The van der Waals surface area contributed by atoms with Gasteiger partial charge < -0.3 is 20.2 Å². The first-order chi connectivity index (χ1) is 8.90. The molecule has 0 aromatic rings. The fourth-order valence-electron chi connectivity index (χ4n) is 1.90. The minimum absolute atomic E-state index is 0.513. The van der Waals surface area contributed by atoms with Gasteiger partial charge in [-0.25, -0.2) is 4.79 Å². The lowest BCUT2D eigenvalue weighted by molar-refractivity contribution is -0.158. The quantitative estimate of drug-likeness (QED) is 0.600. The van der Waals surface area contributed by atoms with Crippen LogP contribution in [0.2, 0.25) is 0 Å². The zero-order valence-electron chi connectivity index (χ0n) is 12.4. The molecular formula is C13H27N3O3. The molecule has 1 aliphatic heterocycles. The average Bonchev–Trinajstić information content (AvgIpc) is 2.29. The third-order valence-corrected chi connectivity index (χ3v) is 2.85. The van der Waals surface area contributed by atoms with Crippen LogP contribution in [0.25, 0.3) is 0 Å². The zero-order valence-corrected chi connectivity index (χ0v) is 12.4. The molecule has 0 aliphatic carbocycles. The lowest BCUT2D eigenvalue weighted by atomic mass is 10.2. The van der Waals surface area contributed by atoms with Gasteiger partial charge in [0.2, 0.25) is 0 Å². The number of nitrogens with two attached hydrogens (primary N) is 1. The smallest absolute Gasteiger partial charge is 0.427 e. The van der Waals surface area contributed by atoms with Crippen LogP contribution in [0.5, 0.6) is 0 Å². The van der Waals surface area contributed by atoms with Crippen LogP contribution >= 0.6 is 0 Å². The molecule has 0 amide bonds. The van der Waals surface area contributed by atoms with Crippen LogP contribution in [-0.2, 0) is 9.57 Å². The summed E-state index contributed by atoms with van der Waals surface area (Å²) < 4.78 is 5.12. The van der Waals surface area contributed by atoms with Crippen molar-refractivity contribution in [1.82, 2.24) is 9.96 Å². The summed E-state index contributed by atoms with van der Waals surface area (Å²) in [5.41, 5.74) is 4.96. The van der Waals surface area contributed by atoms with E-state index in [0.717, 1.165) is 52.1 Å². The highest BCUT2D eigenvalue weighted by molar-refractivity contribution is 5.60. The molecule has 19 heavy (non-hydrogen) atoms. The number of rotatable bonds is 5. The summed E-state index contributed by atoms with van der Waals surface area (Å²) in [4.78, 5) is 19.0. The van der Waals surface area contributed by atoms with Crippen molar-refractivity contribution in [3.8, 4) is 0 Å². The molecule has 112 valence electrons. The molecule has 0 saturated carbocycles. The highest BCUT2D eigenvalue weighted by Crippen LogP contribution is 2.10. The van der Waals surface area contributed by atoms with Gasteiger partial charge in [-0.3, -0.25) is 0 Å². The zero-order chi connectivity index (χ0) is 14.3. The summed E-state index contributed by atoms with van der Waals surface area (Å²) in [6.45, 7) is 10.6. The topological polar surface area (TPSA) is 68.0 Å². The van der Waals surface area contributed by atoms with Crippen LogP contribution in [0.1, 0.15) is 33.6 Å². The molecule has 2 N–H and O–H groups in total. The fourth-order valence-corrected chi connectivity index (χ4v) is 1.90. The van der Waals surface area contributed by atoms with E-state index in [0.29, 0.717) is 0 Å². The number of ether oxygens (including phenoxy) is 1. The van der Waals surface area contributed by atoms with E-state index in [4.69, 9.17) is 15.3 Å². The normalized spacial score (nSPS) is 18.3. The Bertz CT molecular complexity index is 271. The first kappa shape index (κ1) is 16.2. The number of carbonyl (C=O) groups excluding carboxylic acids is 1. The van der Waals surface area contributed by atoms with E-state index in [1.165, 1.54) is 0 Å². The summed E-state index contributed by atoms with van der Waals surface area (Å²) in [7, 11) is 0. The Morgan fingerprint density at radius 1 is 1.16 bits per heavy atom. The summed E-state index contributed by atoms with van der Waals surface area (Å²) in [6, 6.07) is 0. The molecule has 0 radical (unpaired) electrons. The molecule has 0 bridgehead atoms. The third-order valence-electron chi connectivity index (χ3n) is 2.85. The van der Waals surface area contributed by atoms with Gasteiger partial charge in [0.1, 0.15) is 5.60 Å². The second-order valence-electron chi connectivity index (χ2n) is 5.82. The summed E-state index contributed by atoms with van der Waals surface area (Å²) >= 11 is 0. The van der Waals surface area contributed by atoms with Gasteiger partial charge in [0, 0.05) is 26.2 Å². The number of nitrogens with zero attached hydrogens (tertiary/aromatic N) is 2. The van der Waals surface area contributed by atoms with E-state index in [-0.39, 0.29) is 0 Å². The molecule has 1 aliphatic rings. The molecular weight excluding hydrogens is 246 g/mol. The Hall–Kier alpha value is -0.850. The molecule has 0 aromatic heterocycles. The summed E-state index contributed by atoms with van der Waals surface area (Å²) in [5.74, 6) is 0. The standard InChI is InChI=1S/C13H27N3O3/c1-13(2,3)18-12(17)19-16-10-8-15(9-11-16)7-5-4-6-14/h4-11,14H2,1-3H3. The third kappa shape index (κ3) is 7.34. The van der Waals surface area contributed by atoms with Gasteiger partial charge in [-0.05, 0) is 46.7 Å². The van der Waals surface area contributed by atoms with E-state index in [1.54, 1.807) is 5.06 Å². The van der Waals surface area contributed by atoms with Crippen LogP contribution in [-0.4, -0.2) is 61.0 Å². The number of carbonyl (C=O) groups is 1. The van der Waals surface area contributed by atoms with E-state index >= 15 is 0 Å². The van der Waals surface area contributed by atoms with Gasteiger partial charge >= 0.3 is 6.16 Å². The minimum atomic E-state index is -0.621. The second kappa shape index (κ2) is 7.67. The molecule has 1 saturated heterocycles. The van der Waals surface area contributed by atoms with Gasteiger partial charge in [0.05, 0.1) is 0 Å². The highest BCUT2D eigenvalue weighted by Gasteiger charge is 2.23. The van der Waals surface area contributed by atoms with Crippen LogP contribution in [0, 0.1) is 0 Å². The molecule has 6 nitrogen and oxygen atoms in total. The largest absolute Gasteiger partial charge is 0.528 e. The van der Waals surface area contributed by atoms with Gasteiger partial charge in [-0.15, -0.1) is 5.06 Å². The number of piperazine rings is 1. The van der Waals surface area contributed by atoms with Crippen molar-refractivity contribution in [2.75, 3.05) is 39.3 Å². The van der Waals surface area contributed by atoms with Crippen LogP contribution < -0.4 is 5.73 Å². The van der Waals surface area contributed by atoms with Gasteiger partial charge in [-0.1, -0.05) is 0 Å². The Balaban J connectivity index is 2.17. The summed E-state index contributed by atoms with van der Waals surface area (Å²) in [5, 5.41) is 1.67.